The lowest BCUT2D eigenvalue weighted by Gasteiger charge is -2.21. The fourth-order valence-corrected chi connectivity index (χ4v) is 2.38. The molecule has 0 heterocycles. The molecule has 0 saturated heterocycles. The number of phenolic OH excluding ortho intramolecular Hbond substituents is 1. The second kappa shape index (κ2) is 6.22. The molecule has 2 N–H and O–H groups in total. The molecule has 0 saturated carbocycles. The summed E-state index contributed by atoms with van der Waals surface area (Å²) in [7, 11) is 0. The molecule has 0 radical (unpaired) electrons. The Morgan fingerprint density at radius 3 is 2.21 bits per heavy atom. The Kier molecular flexibility index (Phi) is 4.61. The summed E-state index contributed by atoms with van der Waals surface area (Å²) in [6.07, 6.45) is 0. The first-order valence-corrected chi connectivity index (χ1v) is 7.16. The Bertz CT molecular complexity index is 539. The number of phenols is 1. The Balaban J connectivity index is 2.06. The first kappa shape index (κ1) is 14.1. The van der Waals surface area contributed by atoms with Crippen molar-refractivity contribution in [3.05, 3.63) is 64.1 Å². The van der Waals surface area contributed by atoms with Gasteiger partial charge in [0.1, 0.15) is 5.75 Å². The number of aromatic hydroxyl groups is 1. The van der Waals surface area contributed by atoms with Gasteiger partial charge in [-0.3, -0.25) is 0 Å². The molecule has 2 atom stereocenters. The van der Waals surface area contributed by atoms with Crippen molar-refractivity contribution in [3.63, 3.8) is 0 Å². The van der Waals surface area contributed by atoms with Crippen LogP contribution in [0.5, 0.6) is 5.75 Å². The normalized spacial score (nSPS) is 14.1. The zero-order valence-corrected chi connectivity index (χ0v) is 12.7. The summed E-state index contributed by atoms with van der Waals surface area (Å²) < 4.78 is 1.09. The Morgan fingerprint density at radius 2 is 1.58 bits per heavy atom. The molecule has 3 heteroatoms. The van der Waals surface area contributed by atoms with E-state index in [9.17, 15) is 5.11 Å². The highest BCUT2D eigenvalue weighted by Gasteiger charge is 2.11. The molecule has 2 rings (SSSR count). The first-order chi connectivity index (χ1) is 9.06. The van der Waals surface area contributed by atoms with Crippen LogP contribution in [0.3, 0.4) is 0 Å². The van der Waals surface area contributed by atoms with Crippen molar-refractivity contribution in [1.29, 1.82) is 0 Å². The zero-order valence-electron chi connectivity index (χ0n) is 11.1. The van der Waals surface area contributed by atoms with Crippen LogP contribution in [0.4, 0.5) is 0 Å². The Morgan fingerprint density at radius 1 is 0.947 bits per heavy atom. The maximum absolute atomic E-state index is 9.51. The van der Waals surface area contributed by atoms with Crippen LogP contribution in [-0.4, -0.2) is 5.11 Å². The van der Waals surface area contributed by atoms with Gasteiger partial charge in [-0.2, -0.15) is 0 Å². The molecular formula is C16H18BrNO. The van der Waals surface area contributed by atoms with E-state index < -0.39 is 0 Å². The molecule has 0 amide bonds. The van der Waals surface area contributed by atoms with Gasteiger partial charge in [-0.25, -0.2) is 0 Å². The molecular weight excluding hydrogens is 302 g/mol. The molecule has 0 spiro atoms. The van der Waals surface area contributed by atoms with Crippen LogP contribution < -0.4 is 5.32 Å². The number of nitrogens with one attached hydrogen (secondary N) is 1. The van der Waals surface area contributed by atoms with Crippen LogP contribution in [0.2, 0.25) is 0 Å². The number of benzene rings is 2. The van der Waals surface area contributed by atoms with Gasteiger partial charge in [0.25, 0.3) is 0 Å². The molecule has 2 nitrogen and oxygen atoms in total. The van der Waals surface area contributed by atoms with E-state index in [0.29, 0.717) is 5.75 Å². The molecule has 100 valence electrons. The van der Waals surface area contributed by atoms with E-state index in [-0.39, 0.29) is 12.1 Å². The van der Waals surface area contributed by atoms with Crippen molar-refractivity contribution in [2.24, 2.45) is 0 Å². The van der Waals surface area contributed by atoms with Gasteiger partial charge in [0.05, 0.1) is 0 Å². The van der Waals surface area contributed by atoms with Crippen molar-refractivity contribution in [1.82, 2.24) is 5.32 Å². The van der Waals surface area contributed by atoms with Gasteiger partial charge in [0.2, 0.25) is 0 Å². The molecule has 2 aromatic rings. The van der Waals surface area contributed by atoms with Crippen molar-refractivity contribution >= 4 is 15.9 Å². The first-order valence-electron chi connectivity index (χ1n) is 6.36. The lowest BCUT2D eigenvalue weighted by atomic mass is 10.0. The maximum atomic E-state index is 9.51. The van der Waals surface area contributed by atoms with Gasteiger partial charge >= 0.3 is 0 Å². The summed E-state index contributed by atoms with van der Waals surface area (Å²) in [5.41, 5.74) is 2.33. The van der Waals surface area contributed by atoms with Crippen molar-refractivity contribution in [2.45, 2.75) is 25.9 Å². The summed E-state index contributed by atoms with van der Waals surface area (Å²) in [4.78, 5) is 0. The van der Waals surface area contributed by atoms with Gasteiger partial charge in [0.15, 0.2) is 0 Å². The van der Waals surface area contributed by atoms with Crippen LogP contribution >= 0.6 is 15.9 Å². The molecule has 0 aliphatic carbocycles. The lowest BCUT2D eigenvalue weighted by molar-refractivity contribution is 0.466. The van der Waals surface area contributed by atoms with Crippen LogP contribution in [0.25, 0.3) is 0 Å². The number of hydrogen-bond donors (Lipinski definition) is 2. The highest BCUT2D eigenvalue weighted by Crippen LogP contribution is 2.22. The second-order valence-corrected chi connectivity index (χ2v) is 5.67. The monoisotopic (exact) mass is 319 g/mol. The average molecular weight is 320 g/mol. The maximum Gasteiger partial charge on any atom is 0.115 e. The highest BCUT2D eigenvalue weighted by atomic mass is 79.9. The fraction of sp³-hybridized carbons (Fsp3) is 0.250. The Hall–Kier alpha value is -1.32. The zero-order chi connectivity index (χ0) is 13.8. The van der Waals surface area contributed by atoms with E-state index in [0.717, 1.165) is 10.0 Å². The van der Waals surface area contributed by atoms with Crippen LogP contribution in [0, 0.1) is 0 Å². The largest absolute Gasteiger partial charge is 0.508 e. The Labute approximate surface area is 122 Å². The standard InChI is InChI=1S/C16H18BrNO/c1-11(13-6-8-15(17)9-7-13)18-12(2)14-4-3-5-16(19)10-14/h3-12,18-19H,1-2H3/t11-,12?/m1/s1. The minimum atomic E-state index is 0.186. The summed E-state index contributed by atoms with van der Waals surface area (Å²) in [6, 6.07) is 16.1. The number of rotatable bonds is 4. The smallest absolute Gasteiger partial charge is 0.115 e. The second-order valence-electron chi connectivity index (χ2n) is 4.76. The van der Waals surface area contributed by atoms with E-state index in [1.165, 1.54) is 5.56 Å². The fourth-order valence-electron chi connectivity index (χ4n) is 2.11. The van der Waals surface area contributed by atoms with Crippen molar-refractivity contribution in [3.8, 4) is 5.75 Å². The van der Waals surface area contributed by atoms with Crippen molar-refractivity contribution < 1.29 is 5.11 Å². The summed E-state index contributed by atoms with van der Waals surface area (Å²) >= 11 is 3.44. The lowest BCUT2D eigenvalue weighted by Crippen LogP contribution is -2.22. The molecule has 0 bridgehead atoms. The van der Waals surface area contributed by atoms with Gasteiger partial charge < -0.3 is 10.4 Å². The van der Waals surface area contributed by atoms with Gasteiger partial charge in [-0.1, -0.05) is 40.2 Å². The minimum Gasteiger partial charge on any atom is -0.508 e. The SMILES string of the molecule is CC(N[C@H](C)c1ccc(Br)cc1)c1cccc(O)c1. The highest BCUT2D eigenvalue weighted by molar-refractivity contribution is 9.10. The number of hydrogen-bond acceptors (Lipinski definition) is 2. The third kappa shape index (κ3) is 3.82. The molecule has 0 aromatic heterocycles. The van der Waals surface area contributed by atoms with E-state index >= 15 is 0 Å². The topological polar surface area (TPSA) is 32.3 Å². The quantitative estimate of drug-likeness (QED) is 0.865. The van der Waals surface area contributed by atoms with Gasteiger partial charge in [-0.15, -0.1) is 0 Å². The van der Waals surface area contributed by atoms with Crippen LogP contribution in [-0.2, 0) is 0 Å². The van der Waals surface area contributed by atoms with Gasteiger partial charge in [0, 0.05) is 16.6 Å². The summed E-state index contributed by atoms with van der Waals surface area (Å²) in [6.45, 7) is 4.24. The predicted molar refractivity (Wildman–Crippen MR) is 82.2 cm³/mol. The van der Waals surface area contributed by atoms with Crippen LogP contribution in [0.15, 0.2) is 53.0 Å². The third-order valence-electron chi connectivity index (χ3n) is 3.24. The van der Waals surface area contributed by atoms with Gasteiger partial charge in [-0.05, 0) is 49.2 Å². The molecule has 0 aliphatic rings. The van der Waals surface area contributed by atoms with Crippen LogP contribution in [0.1, 0.15) is 37.1 Å². The number of halogens is 1. The molecule has 2 aromatic carbocycles. The molecule has 19 heavy (non-hydrogen) atoms. The molecule has 0 fully saturated rings. The average Bonchev–Trinajstić information content (AvgIpc) is 2.39. The third-order valence-corrected chi connectivity index (χ3v) is 3.77. The summed E-state index contributed by atoms with van der Waals surface area (Å²) in [5.74, 6) is 0.308. The molecule has 1 unspecified atom stereocenters. The minimum absolute atomic E-state index is 0.186. The van der Waals surface area contributed by atoms with E-state index in [2.05, 4.69) is 47.2 Å². The van der Waals surface area contributed by atoms with E-state index in [1.54, 1.807) is 12.1 Å². The van der Waals surface area contributed by atoms with E-state index in [4.69, 9.17) is 0 Å². The predicted octanol–water partition coefficient (Wildman–Crippen LogP) is 4.57. The van der Waals surface area contributed by atoms with Crippen molar-refractivity contribution in [2.75, 3.05) is 0 Å². The summed E-state index contributed by atoms with van der Waals surface area (Å²) in [5, 5.41) is 13.0. The molecule has 0 aliphatic heterocycles. The van der Waals surface area contributed by atoms with E-state index in [1.807, 2.05) is 24.3 Å².